The molecule has 33 heavy (non-hydrogen) atoms. The van der Waals surface area contributed by atoms with Crippen LogP contribution in [0.4, 0.5) is 0 Å². The van der Waals surface area contributed by atoms with Crippen LogP contribution in [-0.2, 0) is 24.0 Å². The first-order chi connectivity index (χ1) is 15.6. The van der Waals surface area contributed by atoms with Crippen molar-refractivity contribution in [2.24, 2.45) is 11.5 Å². The number of carbonyl (C=O) groups excluding carboxylic acids is 4. The first-order valence-electron chi connectivity index (χ1n) is 10.2. The Morgan fingerprint density at radius 1 is 0.727 bits per heavy atom. The number of hydrogen-bond donors (Lipinski definition) is 6. The fourth-order valence-electron chi connectivity index (χ4n) is 2.61. The molecule has 0 aliphatic carbocycles. The highest BCUT2D eigenvalue weighted by Crippen LogP contribution is 2.06. The van der Waals surface area contributed by atoms with Crippen LogP contribution in [0.2, 0.25) is 0 Å². The van der Waals surface area contributed by atoms with E-state index in [-0.39, 0.29) is 12.8 Å². The molecule has 4 unspecified atom stereocenters. The number of nitrogens with one attached hydrogen (secondary N) is 3. The van der Waals surface area contributed by atoms with Crippen LogP contribution in [0.3, 0.4) is 0 Å². The van der Waals surface area contributed by atoms with Gasteiger partial charge in [-0.05, 0) is 55.3 Å². The first kappa shape index (κ1) is 31.4. The fourth-order valence-corrected chi connectivity index (χ4v) is 4.04. The van der Waals surface area contributed by atoms with Crippen LogP contribution in [0.25, 0.3) is 0 Å². The monoisotopic (exact) mass is 525 g/mol. The van der Waals surface area contributed by atoms with Gasteiger partial charge in [-0.1, -0.05) is 0 Å². The average molecular weight is 526 g/mol. The third kappa shape index (κ3) is 13.6. The predicted molar refractivity (Wildman–Crippen MR) is 134 cm³/mol. The van der Waals surface area contributed by atoms with Gasteiger partial charge in [0.15, 0.2) is 0 Å². The second-order valence-corrected chi connectivity index (χ2v) is 10.1. The number of amides is 4. The lowest BCUT2D eigenvalue weighted by molar-refractivity contribution is -0.142. The molecule has 0 aromatic carbocycles. The third-order valence-electron chi connectivity index (χ3n) is 4.48. The molecule has 8 N–H and O–H groups in total. The Kier molecular flexibility index (Phi) is 16.9. The van der Waals surface area contributed by atoms with Crippen LogP contribution in [0.5, 0.6) is 0 Å². The van der Waals surface area contributed by atoms with Crippen LogP contribution in [0.1, 0.15) is 25.7 Å². The molecule has 4 atom stereocenters. The summed E-state index contributed by atoms with van der Waals surface area (Å²) < 4.78 is 0. The Morgan fingerprint density at radius 3 is 1.64 bits per heavy atom. The number of aliphatic carboxylic acids is 1. The summed E-state index contributed by atoms with van der Waals surface area (Å²) in [5, 5.41) is 16.8. The Balaban J connectivity index is 5.39. The molecule has 0 heterocycles. The summed E-state index contributed by atoms with van der Waals surface area (Å²) in [5.41, 5.74) is 11.0. The number of carbonyl (C=O) groups is 5. The van der Waals surface area contributed by atoms with Crippen molar-refractivity contribution in [1.29, 1.82) is 0 Å². The van der Waals surface area contributed by atoms with Gasteiger partial charge in [-0.15, -0.1) is 0 Å². The number of thioether (sulfide) groups is 3. The minimum Gasteiger partial charge on any atom is -0.480 e. The molecule has 0 aromatic rings. The van der Waals surface area contributed by atoms with E-state index in [0.717, 1.165) is 0 Å². The number of hydrogen-bond acceptors (Lipinski definition) is 9. The molecule has 0 rings (SSSR count). The molecule has 0 saturated heterocycles. The minimum absolute atomic E-state index is 0.220. The van der Waals surface area contributed by atoms with Crippen molar-refractivity contribution in [3.8, 4) is 0 Å². The van der Waals surface area contributed by atoms with Gasteiger partial charge in [0.2, 0.25) is 23.6 Å². The highest BCUT2D eigenvalue weighted by atomic mass is 32.2. The third-order valence-corrected chi connectivity index (χ3v) is 6.41. The van der Waals surface area contributed by atoms with E-state index in [4.69, 9.17) is 11.5 Å². The highest BCUT2D eigenvalue weighted by molar-refractivity contribution is 7.98. The summed E-state index contributed by atoms with van der Waals surface area (Å²) in [6, 6.07) is -4.34. The van der Waals surface area contributed by atoms with Crippen molar-refractivity contribution >= 4 is 64.9 Å². The van der Waals surface area contributed by atoms with E-state index < -0.39 is 60.2 Å². The smallest absolute Gasteiger partial charge is 0.326 e. The molecule has 0 spiro atoms. The minimum atomic E-state index is -1.31. The van der Waals surface area contributed by atoms with E-state index >= 15 is 0 Å². The van der Waals surface area contributed by atoms with Crippen LogP contribution < -0.4 is 27.4 Å². The summed E-state index contributed by atoms with van der Waals surface area (Å²) in [5.74, 6) is -2.37. The van der Waals surface area contributed by atoms with E-state index in [9.17, 15) is 29.1 Å². The van der Waals surface area contributed by atoms with Crippen molar-refractivity contribution < 1.29 is 29.1 Å². The Labute approximate surface area is 207 Å². The molecular formula is C19H35N5O6S3. The van der Waals surface area contributed by atoms with E-state index in [1.807, 2.05) is 18.8 Å². The van der Waals surface area contributed by atoms with E-state index in [0.29, 0.717) is 23.7 Å². The second-order valence-electron chi connectivity index (χ2n) is 7.14. The van der Waals surface area contributed by atoms with Gasteiger partial charge in [0, 0.05) is 0 Å². The number of rotatable bonds is 18. The quantitative estimate of drug-likeness (QED) is 0.129. The summed E-state index contributed by atoms with van der Waals surface area (Å²) in [6.45, 7) is 0. The van der Waals surface area contributed by atoms with Gasteiger partial charge in [-0.3, -0.25) is 19.2 Å². The molecule has 0 aliphatic rings. The SMILES string of the molecule is CSCCC(N)C(=O)NC(CC(N)=O)C(=O)NC(CCSC)C(=O)NC(CCSC)C(=O)O. The number of carboxylic acids is 1. The number of carboxylic acid groups (broad SMARTS) is 1. The zero-order valence-corrected chi connectivity index (χ0v) is 21.6. The number of primary amides is 1. The predicted octanol–water partition coefficient (Wildman–Crippen LogP) is -1.01. The van der Waals surface area contributed by atoms with Gasteiger partial charge >= 0.3 is 5.97 Å². The molecule has 11 nitrogen and oxygen atoms in total. The topological polar surface area (TPSA) is 194 Å². The maximum Gasteiger partial charge on any atom is 0.326 e. The van der Waals surface area contributed by atoms with Crippen molar-refractivity contribution in [3.63, 3.8) is 0 Å². The van der Waals surface area contributed by atoms with E-state index in [2.05, 4.69) is 16.0 Å². The molecule has 0 aliphatic heterocycles. The normalized spacial score (nSPS) is 14.4. The van der Waals surface area contributed by atoms with Gasteiger partial charge in [0.1, 0.15) is 18.1 Å². The Bertz CT molecular complexity index is 670. The second kappa shape index (κ2) is 17.8. The molecule has 0 aromatic heterocycles. The summed E-state index contributed by atoms with van der Waals surface area (Å²) >= 11 is 4.40. The lowest BCUT2D eigenvalue weighted by atomic mass is 10.1. The Hall–Kier alpha value is -1.64. The van der Waals surface area contributed by atoms with Crippen molar-refractivity contribution in [1.82, 2.24) is 16.0 Å². The zero-order chi connectivity index (χ0) is 25.4. The number of nitrogens with two attached hydrogens (primary N) is 2. The van der Waals surface area contributed by atoms with Crippen LogP contribution in [0.15, 0.2) is 0 Å². The standard InChI is InChI=1S/C19H35N5O6S3/c1-31-7-4-11(20)16(26)24-14(10-15(21)25)18(28)22-12(5-8-32-2)17(27)23-13(19(29)30)6-9-33-3/h11-14H,4-10,20H2,1-3H3,(H2,21,25)(H,22,28)(H,23,27)(H,24,26)(H,29,30). The van der Waals surface area contributed by atoms with Crippen molar-refractivity contribution in [3.05, 3.63) is 0 Å². The van der Waals surface area contributed by atoms with Gasteiger partial charge < -0.3 is 32.5 Å². The largest absolute Gasteiger partial charge is 0.480 e. The molecule has 0 bridgehead atoms. The van der Waals surface area contributed by atoms with Crippen LogP contribution >= 0.6 is 35.3 Å². The highest BCUT2D eigenvalue weighted by Gasteiger charge is 2.30. The molecule has 0 fully saturated rings. The van der Waals surface area contributed by atoms with Crippen LogP contribution in [-0.4, -0.2) is 94.9 Å². The maximum absolute atomic E-state index is 12.8. The summed E-state index contributed by atoms with van der Waals surface area (Å²) in [6.07, 6.45) is 5.85. The summed E-state index contributed by atoms with van der Waals surface area (Å²) in [4.78, 5) is 60.8. The van der Waals surface area contributed by atoms with Gasteiger partial charge in [-0.25, -0.2) is 4.79 Å². The lowest BCUT2D eigenvalue weighted by Crippen LogP contribution is -2.57. The molecule has 14 heteroatoms. The lowest BCUT2D eigenvalue weighted by Gasteiger charge is -2.24. The molecule has 0 radical (unpaired) electrons. The van der Waals surface area contributed by atoms with Crippen molar-refractivity contribution in [2.45, 2.75) is 49.9 Å². The Morgan fingerprint density at radius 2 is 1.15 bits per heavy atom. The van der Waals surface area contributed by atoms with Gasteiger partial charge in [0.25, 0.3) is 0 Å². The average Bonchev–Trinajstić information content (AvgIpc) is 2.76. The maximum atomic E-state index is 12.8. The van der Waals surface area contributed by atoms with E-state index in [1.54, 1.807) is 0 Å². The van der Waals surface area contributed by atoms with Gasteiger partial charge in [0.05, 0.1) is 12.5 Å². The molecule has 0 saturated carbocycles. The molecule has 190 valence electrons. The van der Waals surface area contributed by atoms with Gasteiger partial charge in [-0.2, -0.15) is 35.3 Å². The zero-order valence-electron chi connectivity index (χ0n) is 19.1. The fraction of sp³-hybridized carbons (Fsp3) is 0.737. The molecule has 4 amide bonds. The van der Waals surface area contributed by atoms with E-state index in [1.165, 1.54) is 35.3 Å². The first-order valence-corrected chi connectivity index (χ1v) is 14.4. The summed E-state index contributed by atoms with van der Waals surface area (Å²) in [7, 11) is 0. The van der Waals surface area contributed by atoms with Crippen LogP contribution in [0, 0.1) is 0 Å². The van der Waals surface area contributed by atoms with Crippen molar-refractivity contribution in [2.75, 3.05) is 36.0 Å². The molecular weight excluding hydrogens is 490 g/mol.